The average Bonchev–Trinajstić information content (AvgIpc) is 3.25. The first kappa shape index (κ1) is 21.1. The molecular weight excluding hydrogens is 408 g/mol. The normalized spacial score (nSPS) is 14.9. The van der Waals surface area contributed by atoms with Crippen LogP contribution in [-0.4, -0.2) is 31.0 Å². The molecule has 0 saturated carbocycles. The van der Waals surface area contributed by atoms with Crippen LogP contribution in [0.25, 0.3) is 11.3 Å². The van der Waals surface area contributed by atoms with Gasteiger partial charge in [0.05, 0.1) is 38.0 Å². The van der Waals surface area contributed by atoms with E-state index in [1.807, 2.05) is 30.3 Å². The predicted molar refractivity (Wildman–Crippen MR) is 119 cm³/mol. The van der Waals surface area contributed by atoms with Crippen LogP contribution in [0.2, 0.25) is 0 Å². The van der Waals surface area contributed by atoms with Crippen LogP contribution in [0.5, 0.6) is 23.1 Å². The Morgan fingerprint density at radius 1 is 1.12 bits per heavy atom. The predicted octanol–water partition coefficient (Wildman–Crippen LogP) is 4.10. The lowest BCUT2D eigenvalue weighted by molar-refractivity contribution is 0.317. The van der Waals surface area contributed by atoms with Crippen molar-refractivity contribution in [2.45, 2.75) is 19.3 Å². The molecule has 2 aromatic carbocycles. The Hall–Kier alpha value is -4.12. The van der Waals surface area contributed by atoms with E-state index in [1.54, 1.807) is 26.4 Å². The van der Waals surface area contributed by atoms with Crippen molar-refractivity contribution in [2.24, 2.45) is 5.73 Å². The molecule has 1 aliphatic heterocycles. The third-order valence-electron chi connectivity index (χ3n) is 5.30. The minimum absolute atomic E-state index is 0.0104. The second-order valence-corrected chi connectivity index (χ2v) is 7.22. The Morgan fingerprint density at radius 3 is 2.53 bits per heavy atom. The van der Waals surface area contributed by atoms with E-state index in [1.165, 1.54) is 0 Å². The summed E-state index contributed by atoms with van der Waals surface area (Å²) in [7, 11) is 3.16. The molecule has 1 atom stereocenters. The quantitative estimate of drug-likeness (QED) is 0.577. The van der Waals surface area contributed by atoms with Gasteiger partial charge in [-0.1, -0.05) is 6.92 Å². The van der Waals surface area contributed by atoms with Gasteiger partial charge >= 0.3 is 0 Å². The summed E-state index contributed by atoms with van der Waals surface area (Å²) in [5.41, 5.74) is 9.39. The van der Waals surface area contributed by atoms with E-state index >= 15 is 0 Å². The molecule has 0 saturated heterocycles. The molecule has 0 fully saturated rings. The fraction of sp³-hybridized carbons (Fsp3) is 0.250. The number of aromatic nitrogens is 2. The smallest absolute Gasteiger partial charge is 0.244 e. The highest BCUT2D eigenvalue weighted by Gasteiger charge is 2.37. The number of benzene rings is 2. The van der Waals surface area contributed by atoms with Crippen molar-refractivity contribution in [1.29, 1.82) is 5.26 Å². The van der Waals surface area contributed by atoms with Crippen LogP contribution in [0, 0.1) is 11.3 Å². The molecule has 32 heavy (non-hydrogen) atoms. The van der Waals surface area contributed by atoms with Gasteiger partial charge in [-0.2, -0.15) is 5.26 Å². The lowest BCUT2D eigenvalue weighted by Gasteiger charge is -2.25. The molecule has 0 spiro atoms. The summed E-state index contributed by atoms with van der Waals surface area (Å²) in [6, 6.07) is 15.3. The molecule has 0 bridgehead atoms. The highest BCUT2D eigenvalue weighted by atomic mass is 16.5. The Labute approximate surface area is 186 Å². The van der Waals surface area contributed by atoms with Gasteiger partial charge in [-0.25, -0.2) is 0 Å². The number of hydrogen-bond donors (Lipinski definition) is 2. The first-order valence-electron chi connectivity index (χ1n) is 10.2. The number of aromatic amines is 1. The number of fused-ring (bicyclic) bond motifs is 1. The molecule has 4 rings (SSSR count). The highest BCUT2D eigenvalue weighted by molar-refractivity contribution is 5.72. The summed E-state index contributed by atoms with van der Waals surface area (Å²) in [5.74, 6) is 1.78. The number of nitrogens with two attached hydrogens (primary N) is 1. The standard InChI is InChI=1S/C24H24N4O4/c1-4-11-31-15-7-5-14(6-8-15)22-21-20(17-12-16(29-2)9-10-19(17)30-3)18(13-25)23(26)32-24(21)28-27-22/h5-10,12,20H,4,11,26H2,1-3H3,(H,27,28). The summed E-state index contributed by atoms with van der Waals surface area (Å²) in [6.07, 6.45) is 0.932. The SMILES string of the molecule is CCCOc1ccc(-c2[nH]nc3c2C(c2cc(OC)ccc2OC)C(C#N)=C(N)O3)cc1. The number of ether oxygens (including phenoxy) is 4. The number of methoxy groups -OCH3 is 2. The van der Waals surface area contributed by atoms with Crippen molar-refractivity contribution in [3.63, 3.8) is 0 Å². The van der Waals surface area contributed by atoms with Gasteiger partial charge in [0.2, 0.25) is 11.8 Å². The van der Waals surface area contributed by atoms with E-state index in [2.05, 4.69) is 23.2 Å². The maximum atomic E-state index is 9.94. The second kappa shape index (κ2) is 8.94. The molecule has 0 aliphatic carbocycles. The van der Waals surface area contributed by atoms with Gasteiger partial charge in [-0.05, 0) is 48.9 Å². The zero-order chi connectivity index (χ0) is 22.7. The van der Waals surface area contributed by atoms with Crippen LogP contribution < -0.4 is 24.7 Å². The van der Waals surface area contributed by atoms with Gasteiger partial charge in [0, 0.05) is 11.1 Å². The number of nitrogens with zero attached hydrogens (tertiary/aromatic N) is 2. The summed E-state index contributed by atoms with van der Waals surface area (Å²) in [6.45, 7) is 2.71. The molecule has 1 aliphatic rings. The number of hydrogen-bond acceptors (Lipinski definition) is 7. The number of rotatable bonds is 7. The zero-order valence-corrected chi connectivity index (χ0v) is 18.1. The second-order valence-electron chi connectivity index (χ2n) is 7.22. The van der Waals surface area contributed by atoms with E-state index < -0.39 is 5.92 Å². The average molecular weight is 432 g/mol. The lowest BCUT2D eigenvalue weighted by Crippen LogP contribution is -2.21. The monoisotopic (exact) mass is 432 g/mol. The molecule has 3 aromatic rings. The number of nitrogens with one attached hydrogen (secondary N) is 1. The lowest BCUT2D eigenvalue weighted by atomic mass is 9.82. The molecule has 8 heteroatoms. The third-order valence-corrected chi connectivity index (χ3v) is 5.30. The summed E-state index contributed by atoms with van der Waals surface area (Å²) in [4.78, 5) is 0. The third kappa shape index (κ3) is 3.69. The first-order valence-corrected chi connectivity index (χ1v) is 10.2. The maximum absolute atomic E-state index is 9.94. The molecule has 0 radical (unpaired) electrons. The van der Waals surface area contributed by atoms with Crippen molar-refractivity contribution in [2.75, 3.05) is 20.8 Å². The fourth-order valence-corrected chi connectivity index (χ4v) is 3.78. The summed E-state index contributed by atoms with van der Waals surface area (Å²) < 4.78 is 22.4. The maximum Gasteiger partial charge on any atom is 0.244 e. The van der Waals surface area contributed by atoms with Gasteiger partial charge in [-0.3, -0.25) is 5.10 Å². The van der Waals surface area contributed by atoms with Crippen molar-refractivity contribution >= 4 is 0 Å². The molecule has 1 aromatic heterocycles. The Balaban J connectivity index is 1.87. The van der Waals surface area contributed by atoms with Crippen LogP contribution in [-0.2, 0) is 0 Å². The van der Waals surface area contributed by atoms with Gasteiger partial charge in [-0.15, -0.1) is 5.10 Å². The van der Waals surface area contributed by atoms with Crippen LogP contribution in [0.1, 0.15) is 30.4 Å². The van der Waals surface area contributed by atoms with Gasteiger partial charge in [0.15, 0.2) is 0 Å². The van der Waals surface area contributed by atoms with Gasteiger partial charge in [0.1, 0.15) is 28.9 Å². The van der Waals surface area contributed by atoms with Crippen molar-refractivity contribution in [1.82, 2.24) is 10.2 Å². The Kier molecular flexibility index (Phi) is 5.90. The molecule has 1 unspecified atom stereocenters. The topological polar surface area (TPSA) is 115 Å². The van der Waals surface area contributed by atoms with Crippen molar-refractivity contribution in [3.8, 4) is 40.5 Å². The van der Waals surface area contributed by atoms with E-state index in [-0.39, 0.29) is 11.5 Å². The molecule has 2 heterocycles. The minimum Gasteiger partial charge on any atom is -0.497 e. The van der Waals surface area contributed by atoms with Crippen LogP contribution >= 0.6 is 0 Å². The Morgan fingerprint density at radius 2 is 1.88 bits per heavy atom. The van der Waals surface area contributed by atoms with Crippen molar-refractivity contribution < 1.29 is 18.9 Å². The molecule has 0 amide bonds. The zero-order valence-electron chi connectivity index (χ0n) is 18.1. The van der Waals surface area contributed by atoms with Gasteiger partial charge in [0.25, 0.3) is 0 Å². The highest BCUT2D eigenvalue weighted by Crippen LogP contribution is 2.48. The van der Waals surface area contributed by atoms with Crippen LogP contribution in [0.3, 0.4) is 0 Å². The van der Waals surface area contributed by atoms with Gasteiger partial charge < -0.3 is 24.7 Å². The van der Waals surface area contributed by atoms with E-state index in [0.29, 0.717) is 29.5 Å². The largest absolute Gasteiger partial charge is 0.497 e. The molecular formula is C24H24N4O4. The summed E-state index contributed by atoms with van der Waals surface area (Å²) in [5, 5.41) is 17.3. The fourth-order valence-electron chi connectivity index (χ4n) is 3.78. The first-order chi connectivity index (χ1) is 15.6. The molecule has 3 N–H and O–H groups in total. The Bertz CT molecular complexity index is 1190. The number of H-pyrrole nitrogens is 1. The molecule has 164 valence electrons. The van der Waals surface area contributed by atoms with E-state index in [4.69, 9.17) is 24.7 Å². The number of allylic oxidation sites excluding steroid dienone is 1. The number of nitriles is 1. The van der Waals surface area contributed by atoms with Crippen LogP contribution in [0.4, 0.5) is 0 Å². The van der Waals surface area contributed by atoms with Crippen molar-refractivity contribution in [3.05, 3.63) is 65.0 Å². The minimum atomic E-state index is -0.557. The van der Waals surface area contributed by atoms with E-state index in [0.717, 1.165) is 29.0 Å². The molecule has 8 nitrogen and oxygen atoms in total. The van der Waals surface area contributed by atoms with E-state index in [9.17, 15) is 5.26 Å². The summed E-state index contributed by atoms with van der Waals surface area (Å²) >= 11 is 0. The van der Waals surface area contributed by atoms with Crippen LogP contribution in [0.15, 0.2) is 53.9 Å².